The Labute approximate surface area is 75.3 Å². The summed E-state index contributed by atoms with van der Waals surface area (Å²) >= 11 is 0. The molecule has 1 aromatic carbocycles. The fraction of sp³-hybridized carbons (Fsp3) is 0.200. The number of rotatable bonds is 2. The van der Waals surface area contributed by atoms with Crippen LogP contribution in [0.2, 0.25) is 0 Å². The molecule has 0 saturated heterocycles. The molecular formula is C10H8F2O. The van der Waals surface area contributed by atoms with Crippen molar-refractivity contribution in [3.05, 3.63) is 29.3 Å². The van der Waals surface area contributed by atoms with E-state index in [0.717, 1.165) is 12.1 Å². The number of terminal acetylenes is 1. The quantitative estimate of drug-likeness (QED) is 0.638. The Kier molecular flexibility index (Phi) is 2.86. The number of hydrogen-bond acceptors (Lipinski definition) is 1. The standard InChI is InChI=1S/C10H8F2O/c1-3-7-5-8(11)10(13-4-2)9(12)6-7/h1,5-6H,4H2,2H3. The normalized spacial score (nSPS) is 9.38. The number of hydrogen-bond donors (Lipinski definition) is 0. The highest BCUT2D eigenvalue weighted by Gasteiger charge is 2.10. The molecule has 0 aliphatic rings. The highest BCUT2D eigenvalue weighted by Crippen LogP contribution is 2.22. The van der Waals surface area contributed by atoms with Gasteiger partial charge in [0.25, 0.3) is 0 Å². The van der Waals surface area contributed by atoms with E-state index in [2.05, 4.69) is 5.92 Å². The van der Waals surface area contributed by atoms with Gasteiger partial charge in [-0.1, -0.05) is 5.92 Å². The van der Waals surface area contributed by atoms with E-state index >= 15 is 0 Å². The van der Waals surface area contributed by atoms with Crippen LogP contribution < -0.4 is 4.74 Å². The lowest BCUT2D eigenvalue weighted by molar-refractivity contribution is 0.302. The monoisotopic (exact) mass is 182 g/mol. The summed E-state index contributed by atoms with van der Waals surface area (Å²) in [6.45, 7) is 1.86. The Morgan fingerprint density at radius 2 is 1.92 bits per heavy atom. The Morgan fingerprint density at radius 3 is 2.31 bits per heavy atom. The van der Waals surface area contributed by atoms with Crippen LogP contribution in [0.3, 0.4) is 0 Å². The molecule has 0 amide bonds. The zero-order chi connectivity index (χ0) is 9.84. The van der Waals surface area contributed by atoms with Crippen LogP contribution in [0.25, 0.3) is 0 Å². The molecule has 1 rings (SSSR count). The summed E-state index contributed by atoms with van der Waals surface area (Å²) in [5.41, 5.74) is 0.165. The topological polar surface area (TPSA) is 9.23 Å². The van der Waals surface area contributed by atoms with Crippen molar-refractivity contribution in [2.45, 2.75) is 6.92 Å². The van der Waals surface area contributed by atoms with Gasteiger partial charge in [0.15, 0.2) is 17.4 Å². The van der Waals surface area contributed by atoms with Crippen molar-refractivity contribution in [1.82, 2.24) is 0 Å². The van der Waals surface area contributed by atoms with Gasteiger partial charge in [-0.05, 0) is 19.1 Å². The van der Waals surface area contributed by atoms with Crippen molar-refractivity contribution in [2.24, 2.45) is 0 Å². The molecule has 0 fully saturated rings. The van der Waals surface area contributed by atoms with E-state index in [1.165, 1.54) is 0 Å². The highest BCUT2D eigenvalue weighted by molar-refractivity contribution is 5.39. The van der Waals surface area contributed by atoms with Crippen LogP contribution in [0.1, 0.15) is 12.5 Å². The Morgan fingerprint density at radius 1 is 1.38 bits per heavy atom. The van der Waals surface area contributed by atoms with E-state index in [4.69, 9.17) is 11.2 Å². The molecule has 1 aromatic rings. The van der Waals surface area contributed by atoms with E-state index < -0.39 is 11.6 Å². The van der Waals surface area contributed by atoms with Gasteiger partial charge in [-0.3, -0.25) is 0 Å². The van der Waals surface area contributed by atoms with Gasteiger partial charge in [0.2, 0.25) is 0 Å². The third-order valence-electron chi connectivity index (χ3n) is 1.45. The summed E-state index contributed by atoms with van der Waals surface area (Å²) < 4.78 is 30.8. The minimum Gasteiger partial charge on any atom is -0.488 e. The molecule has 0 N–H and O–H groups in total. The maximum absolute atomic E-state index is 13.0. The van der Waals surface area contributed by atoms with E-state index in [-0.39, 0.29) is 17.9 Å². The molecule has 3 heteroatoms. The average Bonchev–Trinajstić information content (AvgIpc) is 2.11. The van der Waals surface area contributed by atoms with Crippen LogP contribution in [-0.2, 0) is 0 Å². The zero-order valence-electron chi connectivity index (χ0n) is 7.10. The molecule has 68 valence electrons. The third-order valence-corrected chi connectivity index (χ3v) is 1.45. The van der Waals surface area contributed by atoms with Gasteiger partial charge in [0.1, 0.15) is 0 Å². The molecule has 0 heterocycles. The lowest BCUT2D eigenvalue weighted by Crippen LogP contribution is -1.98. The van der Waals surface area contributed by atoms with Crippen molar-refractivity contribution in [3.63, 3.8) is 0 Å². The van der Waals surface area contributed by atoms with E-state index in [0.29, 0.717) is 0 Å². The van der Waals surface area contributed by atoms with Crippen LogP contribution in [0.5, 0.6) is 5.75 Å². The summed E-state index contributed by atoms with van der Waals surface area (Å²) in [5.74, 6) is 0.231. The smallest absolute Gasteiger partial charge is 0.190 e. The maximum atomic E-state index is 13.0. The van der Waals surface area contributed by atoms with Gasteiger partial charge in [-0.25, -0.2) is 8.78 Å². The van der Waals surface area contributed by atoms with Crippen molar-refractivity contribution >= 4 is 0 Å². The molecule has 0 aliphatic heterocycles. The number of ether oxygens (including phenoxy) is 1. The predicted molar refractivity (Wildman–Crippen MR) is 45.5 cm³/mol. The molecule has 0 aromatic heterocycles. The highest BCUT2D eigenvalue weighted by atomic mass is 19.1. The lowest BCUT2D eigenvalue weighted by Gasteiger charge is -2.05. The molecule has 0 aliphatic carbocycles. The van der Waals surface area contributed by atoms with Crippen LogP contribution >= 0.6 is 0 Å². The van der Waals surface area contributed by atoms with Gasteiger partial charge in [-0.15, -0.1) is 6.42 Å². The summed E-state index contributed by atoms with van der Waals surface area (Å²) in [6, 6.07) is 2.13. The summed E-state index contributed by atoms with van der Waals surface area (Å²) in [7, 11) is 0. The first-order valence-electron chi connectivity index (χ1n) is 3.77. The largest absolute Gasteiger partial charge is 0.488 e. The maximum Gasteiger partial charge on any atom is 0.190 e. The van der Waals surface area contributed by atoms with Gasteiger partial charge in [0.05, 0.1) is 6.61 Å². The van der Waals surface area contributed by atoms with Crippen LogP contribution in [0.15, 0.2) is 12.1 Å². The van der Waals surface area contributed by atoms with Crippen LogP contribution in [-0.4, -0.2) is 6.61 Å². The zero-order valence-corrected chi connectivity index (χ0v) is 7.10. The Balaban J connectivity index is 3.17. The molecule has 0 radical (unpaired) electrons. The minimum atomic E-state index is -0.769. The van der Waals surface area contributed by atoms with Crippen molar-refractivity contribution in [3.8, 4) is 18.1 Å². The van der Waals surface area contributed by atoms with Gasteiger partial charge in [-0.2, -0.15) is 0 Å². The molecule has 0 atom stereocenters. The first-order chi connectivity index (χ1) is 6.19. The molecule has 13 heavy (non-hydrogen) atoms. The number of halogens is 2. The molecule has 0 bridgehead atoms. The van der Waals surface area contributed by atoms with Gasteiger partial charge >= 0.3 is 0 Å². The SMILES string of the molecule is C#Cc1cc(F)c(OCC)c(F)c1. The second-order valence-electron chi connectivity index (χ2n) is 2.35. The average molecular weight is 182 g/mol. The first-order valence-corrected chi connectivity index (χ1v) is 3.77. The van der Waals surface area contributed by atoms with Crippen molar-refractivity contribution in [1.29, 1.82) is 0 Å². The van der Waals surface area contributed by atoms with E-state index in [1.54, 1.807) is 6.92 Å². The fourth-order valence-corrected chi connectivity index (χ4v) is 0.925. The first kappa shape index (κ1) is 9.53. The molecule has 0 unspecified atom stereocenters. The third kappa shape index (κ3) is 1.97. The van der Waals surface area contributed by atoms with Crippen LogP contribution in [0, 0.1) is 24.0 Å². The number of benzene rings is 1. The fourth-order valence-electron chi connectivity index (χ4n) is 0.925. The van der Waals surface area contributed by atoms with Crippen molar-refractivity contribution in [2.75, 3.05) is 6.61 Å². The summed E-state index contributed by atoms with van der Waals surface area (Å²) in [4.78, 5) is 0. The summed E-state index contributed by atoms with van der Waals surface area (Å²) in [6.07, 6.45) is 4.99. The summed E-state index contributed by atoms with van der Waals surface area (Å²) in [5, 5.41) is 0. The minimum absolute atomic E-state index is 0.165. The van der Waals surface area contributed by atoms with E-state index in [9.17, 15) is 8.78 Å². The molecule has 1 nitrogen and oxygen atoms in total. The van der Waals surface area contributed by atoms with Crippen molar-refractivity contribution < 1.29 is 13.5 Å². The van der Waals surface area contributed by atoms with E-state index in [1.807, 2.05) is 0 Å². The Hall–Kier alpha value is -1.56. The predicted octanol–water partition coefficient (Wildman–Crippen LogP) is 2.34. The second-order valence-corrected chi connectivity index (χ2v) is 2.35. The molecule has 0 saturated carbocycles. The van der Waals surface area contributed by atoms with Gasteiger partial charge in [0, 0.05) is 5.56 Å². The molecule has 0 spiro atoms. The van der Waals surface area contributed by atoms with Gasteiger partial charge < -0.3 is 4.74 Å². The van der Waals surface area contributed by atoms with Crippen LogP contribution in [0.4, 0.5) is 8.78 Å². The molecular weight excluding hydrogens is 174 g/mol. The Bertz CT molecular complexity index is 329. The second kappa shape index (κ2) is 3.90. The lowest BCUT2D eigenvalue weighted by atomic mass is 10.2.